The van der Waals surface area contributed by atoms with E-state index in [1.165, 1.54) is 0 Å². The Morgan fingerprint density at radius 2 is 1.87 bits per heavy atom. The molecular formula is C16H13N5O2. The molecule has 0 spiro atoms. The second-order valence-electron chi connectivity index (χ2n) is 5.23. The van der Waals surface area contributed by atoms with E-state index in [0.29, 0.717) is 16.9 Å². The molecule has 1 unspecified atom stereocenters. The summed E-state index contributed by atoms with van der Waals surface area (Å²) in [6.07, 6.45) is -0.468. The summed E-state index contributed by atoms with van der Waals surface area (Å²) in [5, 5.41) is 12.8. The van der Waals surface area contributed by atoms with Crippen molar-refractivity contribution in [2.24, 2.45) is 10.7 Å². The van der Waals surface area contributed by atoms with Gasteiger partial charge >= 0.3 is 0 Å². The van der Waals surface area contributed by atoms with Gasteiger partial charge in [-0.2, -0.15) is 4.98 Å². The molecule has 1 aliphatic heterocycles. The SMILES string of the molecule is NC1=NC(c2ccc(O)cc2)n2c(nc(=O)c3ccccc32)N1. The highest BCUT2D eigenvalue weighted by atomic mass is 16.3. The number of nitrogens with one attached hydrogen (secondary N) is 1. The van der Waals surface area contributed by atoms with Crippen LogP contribution in [0.3, 0.4) is 0 Å². The number of hydrogen-bond acceptors (Lipinski definition) is 6. The molecule has 1 aromatic heterocycles. The number of aromatic hydroxyl groups is 1. The van der Waals surface area contributed by atoms with E-state index in [1.807, 2.05) is 16.7 Å². The van der Waals surface area contributed by atoms with Gasteiger partial charge in [-0.25, -0.2) is 4.99 Å². The molecule has 0 radical (unpaired) electrons. The van der Waals surface area contributed by atoms with Gasteiger partial charge in [0.25, 0.3) is 5.56 Å². The van der Waals surface area contributed by atoms with E-state index in [2.05, 4.69) is 15.3 Å². The number of aliphatic imine (C=N–C) groups is 1. The zero-order valence-electron chi connectivity index (χ0n) is 12.0. The van der Waals surface area contributed by atoms with Crippen LogP contribution >= 0.6 is 0 Å². The molecule has 0 fully saturated rings. The van der Waals surface area contributed by atoms with Crippen LogP contribution in [0.4, 0.5) is 5.95 Å². The summed E-state index contributed by atoms with van der Waals surface area (Å²) < 4.78 is 1.82. The zero-order valence-corrected chi connectivity index (χ0v) is 12.0. The van der Waals surface area contributed by atoms with Crippen molar-refractivity contribution in [1.82, 2.24) is 9.55 Å². The number of guanidine groups is 1. The molecule has 0 bridgehead atoms. The Morgan fingerprint density at radius 1 is 1.13 bits per heavy atom. The quantitative estimate of drug-likeness (QED) is 0.630. The second kappa shape index (κ2) is 4.84. The molecular weight excluding hydrogens is 294 g/mol. The number of para-hydroxylation sites is 1. The summed E-state index contributed by atoms with van der Waals surface area (Å²) in [5.41, 5.74) is 7.05. The molecule has 23 heavy (non-hydrogen) atoms. The van der Waals surface area contributed by atoms with Crippen LogP contribution in [0.5, 0.6) is 5.75 Å². The zero-order chi connectivity index (χ0) is 16.0. The summed E-state index contributed by atoms with van der Waals surface area (Å²) in [5.74, 6) is 0.701. The van der Waals surface area contributed by atoms with E-state index in [1.54, 1.807) is 36.4 Å². The van der Waals surface area contributed by atoms with Crippen LogP contribution in [0.1, 0.15) is 11.7 Å². The molecule has 0 saturated carbocycles. The monoisotopic (exact) mass is 307 g/mol. The Morgan fingerprint density at radius 3 is 2.65 bits per heavy atom. The van der Waals surface area contributed by atoms with Crippen molar-refractivity contribution in [2.75, 3.05) is 5.32 Å². The van der Waals surface area contributed by atoms with Gasteiger partial charge in [-0.15, -0.1) is 0 Å². The van der Waals surface area contributed by atoms with E-state index in [0.717, 1.165) is 5.56 Å². The smallest absolute Gasteiger partial charge is 0.282 e. The van der Waals surface area contributed by atoms with E-state index in [9.17, 15) is 9.90 Å². The van der Waals surface area contributed by atoms with E-state index in [4.69, 9.17) is 5.73 Å². The normalized spacial score (nSPS) is 16.5. The summed E-state index contributed by atoms with van der Waals surface area (Å²) in [7, 11) is 0. The van der Waals surface area contributed by atoms with Gasteiger partial charge in [-0.05, 0) is 29.8 Å². The molecule has 3 aromatic rings. The second-order valence-corrected chi connectivity index (χ2v) is 5.23. The first-order valence-electron chi connectivity index (χ1n) is 7.04. The Labute approximate surface area is 130 Å². The van der Waals surface area contributed by atoms with Gasteiger partial charge in [-0.1, -0.05) is 24.3 Å². The van der Waals surface area contributed by atoms with Crippen molar-refractivity contribution in [3.8, 4) is 5.75 Å². The van der Waals surface area contributed by atoms with Crippen molar-refractivity contribution in [3.63, 3.8) is 0 Å². The highest BCUT2D eigenvalue weighted by Crippen LogP contribution is 2.30. The number of rotatable bonds is 1. The number of anilines is 1. The van der Waals surface area contributed by atoms with E-state index >= 15 is 0 Å². The molecule has 2 heterocycles. The van der Waals surface area contributed by atoms with Gasteiger partial charge in [-0.3, -0.25) is 14.7 Å². The summed E-state index contributed by atoms with van der Waals surface area (Å²) in [6, 6.07) is 13.9. The summed E-state index contributed by atoms with van der Waals surface area (Å²) >= 11 is 0. The fraction of sp³-hybridized carbons (Fsp3) is 0.0625. The first-order valence-corrected chi connectivity index (χ1v) is 7.04. The largest absolute Gasteiger partial charge is 0.508 e. The molecule has 4 rings (SSSR count). The fourth-order valence-electron chi connectivity index (χ4n) is 2.73. The van der Waals surface area contributed by atoms with Crippen LogP contribution in [-0.4, -0.2) is 20.6 Å². The van der Waals surface area contributed by atoms with Crippen molar-refractivity contribution in [2.45, 2.75) is 6.17 Å². The Balaban J connectivity index is 2.03. The van der Waals surface area contributed by atoms with E-state index < -0.39 is 6.17 Å². The lowest BCUT2D eigenvalue weighted by atomic mass is 10.1. The molecule has 0 amide bonds. The number of nitrogens with zero attached hydrogens (tertiary/aromatic N) is 3. The van der Waals surface area contributed by atoms with Crippen LogP contribution in [0.2, 0.25) is 0 Å². The number of nitrogens with two attached hydrogens (primary N) is 1. The number of benzene rings is 2. The Bertz CT molecular complexity index is 992. The van der Waals surface area contributed by atoms with Crippen molar-refractivity contribution >= 4 is 22.8 Å². The molecule has 7 heteroatoms. The number of hydrogen-bond donors (Lipinski definition) is 3. The minimum absolute atomic E-state index is 0.169. The van der Waals surface area contributed by atoms with E-state index in [-0.39, 0.29) is 17.3 Å². The molecule has 1 atom stereocenters. The standard InChI is InChI=1S/C16H13N5O2/c17-15-18-13(9-5-7-10(22)8-6-9)21-12-4-2-1-3-11(12)14(23)19-16(21)20-15/h1-8,13,22H,(H3,17,18,19,20,23). The lowest BCUT2D eigenvalue weighted by Crippen LogP contribution is -2.34. The lowest BCUT2D eigenvalue weighted by molar-refractivity contribution is 0.474. The number of fused-ring (bicyclic) bond motifs is 3. The Kier molecular flexibility index (Phi) is 2.80. The highest BCUT2D eigenvalue weighted by Gasteiger charge is 2.24. The first-order chi connectivity index (χ1) is 11.1. The minimum Gasteiger partial charge on any atom is -0.508 e. The fourth-order valence-corrected chi connectivity index (χ4v) is 2.73. The van der Waals surface area contributed by atoms with Gasteiger partial charge in [0.1, 0.15) is 5.75 Å². The maximum absolute atomic E-state index is 12.2. The van der Waals surface area contributed by atoms with Crippen LogP contribution in [0.15, 0.2) is 58.3 Å². The molecule has 1 aliphatic rings. The van der Waals surface area contributed by atoms with Crippen LogP contribution < -0.4 is 16.6 Å². The molecule has 0 saturated heterocycles. The molecule has 114 valence electrons. The molecule has 0 aliphatic carbocycles. The van der Waals surface area contributed by atoms with Crippen molar-refractivity contribution < 1.29 is 5.11 Å². The van der Waals surface area contributed by atoms with Gasteiger partial charge in [0.05, 0.1) is 10.9 Å². The molecule has 4 N–H and O–H groups in total. The molecule has 2 aromatic carbocycles. The third-order valence-corrected chi connectivity index (χ3v) is 3.77. The number of aromatic nitrogens is 2. The summed E-state index contributed by atoms with van der Waals surface area (Å²) in [4.78, 5) is 20.7. The van der Waals surface area contributed by atoms with Crippen molar-refractivity contribution in [3.05, 3.63) is 64.4 Å². The number of phenols is 1. The van der Waals surface area contributed by atoms with Crippen LogP contribution in [0.25, 0.3) is 10.9 Å². The van der Waals surface area contributed by atoms with Gasteiger partial charge in [0.2, 0.25) is 5.95 Å². The predicted molar refractivity (Wildman–Crippen MR) is 87.5 cm³/mol. The Hall–Kier alpha value is -3.35. The topological polar surface area (TPSA) is 106 Å². The van der Waals surface area contributed by atoms with Gasteiger partial charge in [0, 0.05) is 0 Å². The van der Waals surface area contributed by atoms with Crippen molar-refractivity contribution in [1.29, 1.82) is 0 Å². The average Bonchev–Trinajstić information content (AvgIpc) is 2.55. The number of phenolic OH excluding ortho intramolecular Hbond substituents is 1. The van der Waals surface area contributed by atoms with Crippen LogP contribution in [-0.2, 0) is 0 Å². The molecule has 7 nitrogen and oxygen atoms in total. The van der Waals surface area contributed by atoms with Crippen LogP contribution in [0, 0.1) is 0 Å². The first kappa shape index (κ1) is 13.3. The lowest BCUT2D eigenvalue weighted by Gasteiger charge is -2.27. The highest BCUT2D eigenvalue weighted by molar-refractivity contribution is 5.93. The maximum atomic E-state index is 12.2. The summed E-state index contributed by atoms with van der Waals surface area (Å²) in [6.45, 7) is 0. The minimum atomic E-state index is -0.468. The van der Waals surface area contributed by atoms with Gasteiger partial charge in [0.15, 0.2) is 12.1 Å². The average molecular weight is 307 g/mol. The third kappa shape index (κ3) is 2.10. The predicted octanol–water partition coefficient (Wildman–Crippen LogP) is 1.39. The van der Waals surface area contributed by atoms with Gasteiger partial charge < -0.3 is 10.8 Å². The third-order valence-electron chi connectivity index (χ3n) is 3.77. The maximum Gasteiger partial charge on any atom is 0.282 e.